The zero-order chi connectivity index (χ0) is 17.3. The van der Waals surface area contributed by atoms with E-state index in [1.165, 1.54) is 11.1 Å². The van der Waals surface area contributed by atoms with Gasteiger partial charge in [-0.1, -0.05) is 60.7 Å². The van der Waals surface area contributed by atoms with E-state index in [1.807, 2.05) is 18.0 Å². The average molecular weight is 334 g/mol. The Morgan fingerprint density at radius 3 is 2.20 bits per heavy atom. The Bertz CT molecular complexity index is 720. The smallest absolute Gasteiger partial charge is 0.230 e. The number of benzene rings is 2. The fourth-order valence-corrected chi connectivity index (χ4v) is 4.71. The van der Waals surface area contributed by atoms with Crippen molar-refractivity contribution in [1.29, 1.82) is 0 Å². The minimum atomic E-state index is 0.0255. The molecule has 3 nitrogen and oxygen atoms in total. The number of hydrogen-bond acceptors (Lipinski definition) is 2. The van der Waals surface area contributed by atoms with Gasteiger partial charge >= 0.3 is 0 Å². The van der Waals surface area contributed by atoms with Gasteiger partial charge in [0.25, 0.3) is 0 Å². The summed E-state index contributed by atoms with van der Waals surface area (Å²) in [6.45, 7) is 4.04. The summed E-state index contributed by atoms with van der Waals surface area (Å²) < 4.78 is 0. The molecular weight excluding hydrogens is 308 g/mol. The fourth-order valence-electron chi connectivity index (χ4n) is 4.71. The minimum Gasteiger partial charge on any atom is -0.345 e. The van der Waals surface area contributed by atoms with Crippen LogP contribution in [0.2, 0.25) is 0 Å². The molecule has 1 atom stereocenters. The van der Waals surface area contributed by atoms with Crippen molar-refractivity contribution in [3.63, 3.8) is 0 Å². The predicted octanol–water partition coefficient (Wildman–Crippen LogP) is 3.52. The monoisotopic (exact) mass is 334 g/mol. The molecule has 2 aromatic carbocycles. The van der Waals surface area contributed by atoms with Crippen molar-refractivity contribution in [1.82, 2.24) is 9.80 Å². The maximum Gasteiger partial charge on any atom is 0.230 e. The van der Waals surface area contributed by atoms with Crippen molar-refractivity contribution < 1.29 is 4.79 Å². The van der Waals surface area contributed by atoms with Gasteiger partial charge in [-0.3, -0.25) is 9.69 Å². The second-order valence-corrected chi connectivity index (χ2v) is 7.66. The van der Waals surface area contributed by atoms with Crippen LogP contribution in [0.15, 0.2) is 60.7 Å². The molecular formula is C22H26N2O. The van der Waals surface area contributed by atoms with Gasteiger partial charge in [0.15, 0.2) is 0 Å². The number of carbonyl (C=O) groups is 1. The number of likely N-dealkylation sites (tertiary alicyclic amines) is 2. The number of carbonyl (C=O) groups excluding carboxylic acids is 1. The van der Waals surface area contributed by atoms with Crippen LogP contribution in [0, 0.1) is 5.41 Å². The number of likely N-dealkylation sites (N-methyl/N-ethyl adjacent to an activating group) is 1. The summed E-state index contributed by atoms with van der Waals surface area (Å²) >= 11 is 0. The molecule has 2 saturated heterocycles. The van der Waals surface area contributed by atoms with E-state index in [4.69, 9.17) is 0 Å². The van der Waals surface area contributed by atoms with Crippen molar-refractivity contribution in [2.24, 2.45) is 5.41 Å². The van der Waals surface area contributed by atoms with Crippen LogP contribution in [-0.4, -0.2) is 42.4 Å². The number of piperidine rings is 1. The first-order valence-electron chi connectivity index (χ1n) is 9.24. The third kappa shape index (κ3) is 3.09. The summed E-state index contributed by atoms with van der Waals surface area (Å²) in [5, 5.41) is 0. The van der Waals surface area contributed by atoms with Crippen LogP contribution in [-0.2, 0) is 11.3 Å². The lowest BCUT2D eigenvalue weighted by atomic mass is 9.68. The second kappa shape index (κ2) is 6.64. The highest BCUT2D eigenvalue weighted by Crippen LogP contribution is 2.50. The Morgan fingerprint density at radius 2 is 1.56 bits per heavy atom. The molecule has 1 unspecified atom stereocenters. The largest absolute Gasteiger partial charge is 0.345 e. The van der Waals surface area contributed by atoms with E-state index in [2.05, 4.69) is 59.5 Å². The van der Waals surface area contributed by atoms with Gasteiger partial charge in [-0.05, 0) is 37.1 Å². The van der Waals surface area contributed by atoms with Gasteiger partial charge in [-0.15, -0.1) is 0 Å². The van der Waals surface area contributed by atoms with Crippen LogP contribution in [0.1, 0.15) is 29.9 Å². The molecule has 0 N–H and O–H groups in total. The first-order valence-corrected chi connectivity index (χ1v) is 9.24. The molecule has 2 fully saturated rings. The standard InChI is InChI=1S/C22H26N2O/c1-23-17-22(20(21(23)25)19-10-6-3-7-11-19)12-14-24(15-13-22)16-18-8-4-2-5-9-18/h2-11,20H,12-17H2,1H3. The molecule has 1 spiro atoms. The van der Waals surface area contributed by atoms with Gasteiger partial charge in [0, 0.05) is 25.6 Å². The lowest BCUT2D eigenvalue weighted by Gasteiger charge is -2.42. The number of nitrogens with zero attached hydrogens (tertiary/aromatic N) is 2. The van der Waals surface area contributed by atoms with E-state index in [0.29, 0.717) is 5.91 Å². The fraction of sp³-hybridized carbons (Fsp3) is 0.409. The summed E-state index contributed by atoms with van der Waals surface area (Å²) in [5.74, 6) is 0.320. The van der Waals surface area contributed by atoms with Crippen molar-refractivity contribution in [2.45, 2.75) is 25.3 Å². The Labute approximate surface area is 150 Å². The molecule has 2 aromatic rings. The van der Waals surface area contributed by atoms with Crippen LogP contribution in [0.3, 0.4) is 0 Å². The lowest BCUT2D eigenvalue weighted by molar-refractivity contribution is -0.128. The average Bonchev–Trinajstić information content (AvgIpc) is 2.89. The highest BCUT2D eigenvalue weighted by molar-refractivity contribution is 5.87. The van der Waals surface area contributed by atoms with Gasteiger partial charge < -0.3 is 4.90 Å². The highest BCUT2D eigenvalue weighted by atomic mass is 16.2. The Hall–Kier alpha value is -2.13. The van der Waals surface area contributed by atoms with Gasteiger partial charge in [-0.25, -0.2) is 0 Å². The van der Waals surface area contributed by atoms with E-state index < -0.39 is 0 Å². The summed E-state index contributed by atoms with van der Waals surface area (Å²) in [4.78, 5) is 17.3. The number of rotatable bonds is 3. The quantitative estimate of drug-likeness (QED) is 0.857. The third-order valence-corrected chi connectivity index (χ3v) is 6.02. The normalized spacial score (nSPS) is 23.3. The Balaban J connectivity index is 1.51. The maximum absolute atomic E-state index is 12.9. The van der Waals surface area contributed by atoms with E-state index >= 15 is 0 Å². The predicted molar refractivity (Wildman–Crippen MR) is 100 cm³/mol. The van der Waals surface area contributed by atoms with Crippen molar-refractivity contribution in [2.75, 3.05) is 26.7 Å². The summed E-state index contributed by atoms with van der Waals surface area (Å²) in [5.41, 5.74) is 2.66. The van der Waals surface area contributed by atoms with Crippen LogP contribution in [0.25, 0.3) is 0 Å². The SMILES string of the molecule is CN1CC2(CCN(Cc3ccccc3)CC2)C(c2ccccc2)C1=O. The Kier molecular flexibility index (Phi) is 4.34. The van der Waals surface area contributed by atoms with Gasteiger partial charge in [0.1, 0.15) is 0 Å². The van der Waals surface area contributed by atoms with Crippen LogP contribution in [0.4, 0.5) is 0 Å². The minimum absolute atomic E-state index is 0.0255. The van der Waals surface area contributed by atoms with Crippen molar-refractivity contribution in [3.05, 3.63) is 71.8 Å². The van der Waals surface area contributed by atoms with Crippen LogP contribution >= 0.6 is 0 Å². The molecule has 0 radical (unpaired) electrons. The lowest BCUT2D eigenvalue weighted by Crippen LogP contribution is -2.43. The van der Waals surface area contributed by atoms with Gasteiger partial charge in [-0.2, -0.15) is 0 Å². The number of amides is 1. The zero-order valence-electron chi connectivity index (χ0n) is 14.9. The molecule has 2 heterocycles. The molecule has 0 aromatic heterocycles. The van der Waals surface area contributed by atoms with E-state index in [9.17, 15) is 4.79 Å². The summed E-state index contributed by atoms with van der Waals surface area (Å²) in [6, 6.07) is 21.1. The summed E-state index contributed by atoms with van der Waals surface area (Å²) in [7, 11) is 1.96. The Morgan fingerprint density at radius 1 is 0.960 bits per heavy atom. The number of hydrogen-bond donors (Lipinski definition) is 0. The maximum atomic E-state index is 12.9. The molecule has 0 bridgehead atoms. The molecule has 0 aliphatic carbocycles. The molecule has 0 saturated carbocycles. The molecule has 2 aliphatic heterocycles. The molecule has 25 heavy (non-hydrogen) atoms. The van der Waals surface area contributed by atoms with E-state index in [-0.39, 0.29) is 11.3 Å². The summed E-state index contributed by atoms with van der Waals surface area (Å²) in [6.07, 6.45) is 2.19. The van der Waals surface area contributed by atoms with E-state index in [1.54, 1.807) is 0 Å². The van der Waals surface area contributed by atoms with E-state index in [0.717, 1.165) is 39.0 Å². The van der Waals surface area contributed by atoms with Crippen LogP contribution in [0.5, 0.6) is 0 Å². The molecule has 1 amide bonds. The van der Waals surface area contributed by atoms with Gasteiger partial charge in [0.2, 0.25) is 5.91 Å². The zero-order valence-corrected chi connectivity index (χ0v) is 14.9. The first-order chi connectivity index (χ1) is 12.2. The molecule has 130 valence electrons. The molecule has 4 rings (SSSR count). The molecule has 3 heteroatoms. The second-order valence-electron chi connectivity index (χ2n) is 7.66. The van der Waals surface area contributed by atoms with Crippen molar-refractivity contribution >= 4 is 5.91 Å². The van der Waals surface area contributed by atoms with Crippen molar-refractivity contribution in [3.8, 4) is 0 Å². The third-order valence-electron chi connectivity index (χ3n) is 6.02. The first kappa shape index (κ1) is 16.3. The molecule has 2 aliphatic rings. The van der Waals surface area contributed by atoms with Gasteiger partial charge in [0.05, 0.1) is 5.92 Å². The van der Waals surface area contributed by atoms with Crippen LogP contribution < -0.4 is 0 Å². The topological polar surface area (TPSA) is 23.6 Å². The highest BCUT2D eigenvalue weighted by Gasteiger charge is 2.52.